The van der Waals surface area contributed by atoms with E-state index in [2.05, 4.69) is 61.8 Å². The van der Waals surface area contributed by atoms with E-state index < -0.39 is 70.3 Å². The van der Waals surface area contributed by atoms with Gasteiger partial charge < -0.3 is 88.7 Å². The van der Waals surface area contributed by atoms with E-state index in [1.54, 1.807) is 118 Å². The number of para-hydroxylation sites is 2. The van der Waals surface area contributed by atoms with Crippen molar-refractivity contribution in [2.75, 3.05) is 108 Å². The van der Waals surface area contributed by atoms with Crippen LogP contribution in [0.25, 0.3) is 45.0 Å². The fraction of sp³-hybridized carbons (Fsp3) is 0.0900. The van der Waals surface area contributed by atoms with Crippen molar-refractivity contribution in [1.29, 1.82) is 0 Å². The molecule has 0 spiro atoms. The summed E-state index contributed by atoms with van der Waals surface area (Å²) < 4.78 is 104. The third kappa shape index (κ3) is 24.1. The Balaban J connectivity index is 0.000000132. The van der Waals surface area contributed by atoms with Crippen molar-refractivity contribution in [3.05, 3.63) is 397 Å². The van der Waals surface area contributed by atoms with Crippen LogP contribution in [0.5, 0.6) is 0 Å². The SMILES string of the molecule is CN(C)c1ccc2nc(C(=O)Nc3cc(F)ccc3F)cn2c1.CN(C)c1ccc2nc(C(=O)Nc3cccc(F)c3)cn2c1.CN(C)c1ccc2nc(C(=O)Nc3cccc(F)c3F)cn2c1.CN(C)c1ccc2nc(C(=O)Nc3ccccc3F)cn2c1.NC(=O)c1ccc2nc(C(=O)Nc3ccccc3)cn2c1.O=C(Nc1cccc(F)c1)c1cn2cc(-c3cccc(CO)c3)ccc2n1. The van der Waals surface area contributed by atoms with Gasteiger partial charge >= 0.3 is 0 Å². The maximum atomic E-state index is 13.6. The Hall–Kier alpha value is -18.4. The minimum Gasteiger partial charge on any atom is -0.392 e. The van der Waals surface area contributed by atoms with Gasteiger partial charge in [-0.1, -0.05) is 66.7 Å². The predicted molar refractivity (Wildman–Crippen MR) is 514 cm³/mol. The van der Waals surface area contributed by atoms with Crippen LogP contribution in [0.15, 0.2) is 311 Å². The normalized spacial score (nSPS) is 10.7. The fourth-order valence-electron chi connectivity index (χ4n) is 13.3. The molecule has 0 bridgehead atoms. The molecule has 19 aromatic rings. The van der Waals surface area contributed by atoms with Crippen molar-refractivity contribution < 1.29 is 69.4 Å². The molecule has 0 saturated heterocycles. The molecule has 0 atom stereocenters. The molecule has 0 aliphatic carbocycles. The minimum absolute atomic E-state index is 0.0223. The lowest BCUT2D eigenvalue weighted by Crippen LogP contribution is -2.13. The summed E-state index contributed by atoms with van der Waals surface area (Å²) in [5.74, 6) is -8.04. The molecular formula is C100H86F7N23O8. The number of primary amides is 1. The van der Waals surface area contributed by atoms with E-state index in [-0.39, 0.29) is 69.6 Å². The molecule has 0 aliphatic heterocycles. The van der Waals surface area contributed by atoms with Crippen LogP contribution < -0.4 is 57.2 Å². The standard InChI is InChI=1S/C21H16FN3O2.2C16H14F2N4O.2C16H15FN4O.C15H12N4O2/c22-17-5-2-6-18(10-17)23-21(27)19-12-25-11-16(7-8-20(25)24-19)15-4-1-3-14(9-15)13-26;1-21(2)11-4-6-15-19-14(9-22(15)8-11)16(23)20-13-7-10(17)3-5-12(13)18;1-21(2)10-6-7-14-19-13(9-22(14)8-10)16(23)20-12-5-3-4-11(17)15(12)18;1-20(2)13-6-7-15-19-14(10-21(15)9-13)16(22)18-12-5-3-4-11(17)8-12;1-20(2)11-7-8-15-18-14(10-21(15)9-11)16(22)19-13-6-4-3-5-12(13)17;16-14(20)10-6-7-13-18-12(9-19(13)8-10)15(21)17-11-4-2-1-3-5-11/h1-12,26H,13H2,(H,23,27);2*3-9H,1-2H3,(H,20,23);3-10H,1-2H3,(H,18,22);3-10H,1-2H3,(H,19,22);1-9H,(H2,16,20)(H,17,21). The molecule has 9 N–H and O–H groups in total. The summed E-state index contributed by atoms with van der Waals surface area (Å²) in [6, 6.07) is 62.4. The van der Waals surface area contributed by atoms with Gasteiger partial charge in [-0.2, -0.15) is 0 Å². The summed E-state index contributed by atoms with van der Waals surface area (Å²) in [4.78, 5) is 118. The van der Waals surface area contributed by atoms with Crippen LogP contribution in [0.3, 0.4) is 0 Å². The van der Waals surface area contributed by atoms with Gasteiger partial charge in [0.05, 0.1) is 52.0 Å². The quantitative estimate of drug-likeness (QED) is 0.0349. The van der Waals surface area contributed by atoms with E-state index in [9.17, 15) is 69.4 Å². The second kappa shape index (κ2) is 42.9. The lowest BCUT2D eigenvalue weighted by atomic mass is 10.1. The number of aliphatic hydroxyl groups excluding tert-OH is 1. The van der Waals surface area contributed by atoms with Gasteiger partial charge in [0.1, 0.15) is 97.1 Å². The summed E-state index contributed by atoms with van der Waals surface area (Å²) in [7, 11) is 15.4. The van der Waals surface area contributed by atoms with Crippen LogP contribution in [0.4, 0.5) is 87.6 Å². The molecule has 12 heterocycles. The monoisotopic (exact) mass is 1870 g/mol. The number of rotatable bonds is 19. The molecule has 698 valence electrons. The molecule has 138 heavy (non-hydrogen) atoms. The van der Waals surface area contributed by atoms with Gasteiger partial charge in [-0.25, -0.2) is 60.6 Å². The number of aromatic nitrogens is 12. The molecule has 31 nitrogen and oxygen atoms in total. The van der Waals surface area contributed by atoms with E-state index in [1.807, 2.05) is 198 Å². The molecule has 0 aliphatic rings. The Morgan fingerprint density at radius 2 is 0.623 bits per heavy atom. The number of fused-ring (bicyclic) bond motifs is 6. The Bertz CT molecular complexity index is 7650. The number of benzene rings is 7. The van der Waals surface area contributed by atoms with E-state index in [4.69, 9.17) is 5.73 Å². The molecule has 0 saturated carbocycles. The predicted octanol–water partition coefficient (Wildman–Crippen LogP) is 17.0. The number of aliphatic hydroxyl groups is 1. The smallest absolute Gasteiger partial charge is 0.275 e. The zero-order valence-electron chi connectivity index (χ0n) is 74.8. The maximum absolute atomic E-state index is 13.6. The van der Waals surface area contributed by atoms with E-state index in [1.165, 1.54) is 73.1 Å². The van der Waals surface area contributed by atoms with Gasteiger partial charge in [0.15, 0.2) is 11.6 Å². The first-order valence-corrected chi connectivity index (χ1v) is 41.9. The van der Waals surface area contributed by atoms with Crippen LogP contribution in [0.1, 0.15) is 78.9 Å². The third-order valence-electron chi connectivity index (χ3n) is 20.5. The van der Waals surface area contributed by atoms with Crippen molar-refractivity contribution >= 4 is 132 Å². The number of carbonyl (C=O) groups is 7. The van der Waals surface area contributed by atoms with Crippen LogP contribution in [0.2, 0.25) is 0 Å². The number of nitrogens with one attached hydrogen (secondary N) is 6. The average Bonchev–Trinajstić information content (AvgIpc) is 1.67. The highest BCUT2D eigenvalue weighted by Crippen LogP contribution is 2.27. The molecule has 38 heteroatoms. The highest BCUT2D eigenvalue weighted by molar-refractivity contribution is 6.07. The summed E-state index contributed by atoms with van der Waals surface area (Å²) >= 11 is 0. The highest BCUT2D eigenvalue weighted by Gasteiger charge is 2.22. The van der Waals surface area contributed by atoms with E-state index in [0.717, 1.165) is 63.7 Å². The molecule has 7 aromatic carbocycles. The number of nitrogens with zero attached hydrogens (tertiary/aromatic N) is 16. The maximum Gasteiger partial charge on any atom is 0.275 e. The molecule has 12 aromatic heterocycles. The first-order chi connectivity index (χ1) is 66.2. The van der Waals surface area contributed by atoms with Gasteiger partial charge in [-0.05, 0) is 180 Å². The summed E-state index contributed by atoms with van der Waals surface area (Å²) in [6.07, 6.45) is 20.4. The number of pyridine rings is 6. The molecule has 0 radical (unpaired) electrons. The van der Waals surface area contributed by atoms with Gasteiger partial charge in [0, 0.05) is 154 Å². The van der Waals surface area contributed by atoms with Crippen molar-refractivity contribution in [2.24, 2.45) is 5.73 Å². The van der Waals surface area contributed by atoms with Gasteiger partial charge in [-0.3, -0.25) is 33.6 Å². The number of anilines is 10. The number of halogens is 7. The summed E-state index contributed by atoms with van der Waals surface area (Å²) in [6.45, 7) is -0.0223. The van der Waals surface area contributed by atoms with Crippen LogP contribution in [-0.4, -0.2) is 159 Å². The van der Waals surface area contributed by atoms with Crippen LogP contribution >= 0.6 is 0 Å². The van der Waals surface area contributed by atoms with Gasteiger partial charge in [0.2, 0.25) is 5.91 Å². The van der Waals surface area contributed by atoms with E-state index >= 15 is 0 Å². The summed E-state index contributed by atoms with van der Waals surface area (Å²) in [5, 5.41) is 24.5. The Kier molecular flexibility index (Phi) is 29.8. The van der Waals surface area contributed by atoms with Gasteiger partial charge in [0.25, 0.3) is 35.4 Å². The lowest BCUT2D eigenvalue weighted by Gasteiger charge is -2.11. The minimum atomic E-state index is -1.10. The van der Waals surface area contributed by atoms with Crippen LogP contribution in [0, 0.1) is 40.7 Å². The average molecular weight is 1870 g/mol. The van der Waals surface area contributed by atoms with Crippen molar-refractivity contribution in [2.45, 2.75) is 6.61 Å². The number of carbonyl (C=O) groups excluding carboxylic acids is 7. The number of hydrogen-bond donors (Lipinski definition) is 8. The van der Waals surface area contributed by atoms with E-state index in [0.29, 0.717) is 56.5 Å². The second-order valence-corrected chi connectivity index (χ2v) is 31.4. The number of amides is 7. The molecular weight excluding hydrogens is 1780 g/mol. The highest BCUT2D eigenvalue weighted by atomic mass is 19.2. The first-order valence-electron chi connectivity index (χ1n) is 41.9. The third-order valence-corrected chi connectivity index (χ3v) is 20.5. The zero-order valence-corrected chi connectivity index (χ0v) is 74.8. The van der Waals surface area contributed by atoms with Crippen molar-refractivity contribution in [3.63, 3.8) is 0 Å². The fourth-order valence-corrected chi connectivity index (χ4v) is 13.3. The van der Waals surface area contributed by atoms with Crippen molar-refractivity contribution in [3.8, 4) is 11.1 Å². The van der Waals surface area contributed by atoms with Gasteiger partial charge in [-0.15, -0.1) is 0 Å². The number of nitrogens with two attached hydrogens (primary N) is 1. The molecule has 19 rings (SSSR count). The zero-order chi connectivity index (χ0) is 98.1. The lowest BCUT2D eigenvalue weighted by molar-refractivity contribution is 0.0993. The number of hydrogen-bond acceptors (Lipinski definition) is 18. The Morgan fingerprint density at radius 1 is 0.290 bits per heavy atom. The Morgan fingerprint density at radius 3 is 1.04 bits per heavy atom. The molecule has 0 fully saturated rings. The topological polar surface area (TPSA) is 355 Å². The Labute approximate surface area is 782 Å². The number of imidazole rings is 6. The molecule has 0 unspecified atom stereocenters. The second-order valence-electron chi connectivity index (χ2n) is 31.4. The van der Waals surface area contributed by atoms with Crippen molar-refractivity contribution in [1.82, 2.24) is 56.3 Å². The largest absolute Gasteiger partial charge is 0.392 e. The summed E-state index contributed by atoms with van der Waals surface area (Å²) in [5.41, 5.74) is 18.3. The molecule has 7 amide bonds. The van der Waals surface area contributed by atoms with Crippen LogP contribution in [-0.2, 0) is 6.61 Å². The first kappa shape index (κ1) is 95.7.